The first-order chi connectivity index (χ1) is 51.7. The molecule has 8 aliphatic rings. The van der Waals surface area contributed by atoms with Gasteiger partial charge in [0.2, 0.25) is 10.0 Å². The number of nitrogens with one attached hydrogen (secondary N) is 5. The third kappa shape index (κ3) is 15.5. The van der Waals surface area contributed by atoms with Gasteiger partial charge in [-0.05, 0) is 191 Å². The van der Waals surface area contributed by atoms with Crippen LogP contribution in [0.4, 0.5) is 26.3 Å². The van der Waals surface area contributed by atoms with Gasteiger partial charge in [0.15, 0.2) is 0 Å². The number of hydrogen-bond acceptors (Lipinski definition) is 11. The molecule has 29 heteroatoms. The van der Waals surface area contributed by atoms with E-state index in [1.165, 1.54) is 86.5 Å². The molecule has 8 atom stereocenters. The molecule has 7 saturated carbocycles. The van der Waals surface area contributed by atoms with Crippen molar-refractivity contribution >= 4 is 123 Å². The van der Waals surface area contributed by atoms with Crippen LogP contribution in [0, 0.1) is 92.8 Å². The number of aliphatic hydroxyl groups excluding tert-OH is 4. The van der Waals surface area contributed by atoms with E-state index in [0.717, 1.165) is 82.3 Å². The predicted octanol–water partition coefficient (Wildman–Crippen LogP) is 20.9. The molecule has 1 saturated heterocycles. The first kappa shape index (κ1) is 79.9. The van der Waals surface area contributed by atoms with Crippen LogP contribution in [0.5, 0.6) is 0 Å². The van der Waals surface area contributed by atoms with Crippen molar-refractivity contribution in [3.8, 4) is 0 Å². The van der Waals surface area contributed by atoms with Gasteiger partial charge in [0.05, 0.1) is 103 Å². The van der Waals surface area contributed by atoms with Gasteiger partial charge in [0, 0.05) is 89.6 Å². The van der Waals surface area contributed by atoms with Gasteiger partial charge in [-0.2, -0.15) is 25.5 Å². The summed E-state index contributed by atoms with van der Waals surface area (Å²) in [6.45, 7) is 11.1. The minimum absolute atomic E-state index is 0.0112. The molecule has 0 spiro atoms. The zero-order chi connectivity index (χ0) is 77.7. The fourth-order valence-electron chi connectivity index (χ4n) is 19.3. The Labute approximate surface area is 654 Å². The van der Waals surface area contributed by atoms with Gasteiger partial charge >= 0.3 is 0 Å². The maximum absolute atomic E-state index is 14.7. The summed E-state index contributed by atoms with van der Waals surface area (Å²) in [5.41, 5.74) is 3.40. The molecule has 10 aromatic rings. The van der Waals surface area contributed by atoms with Crippen molar-refractivity contribution in [3.63, 3.8) is 0 Å². The summed E-state index contributed by atoms with van der Waals surface area (Å²) in [6, 6.07) is 9.77. The average molecular weight is 1630 g/mol. The Morgan fingerprint density at radius 1 is 0.450 bits per heavy atom. The van der Waals surface area contributed by atoms with Crippen molar-refractivity contribution in [2.24, 2.45) is 69.5 Å². The number of benzene rings is 5. The molecule has 2 bridgehead atoms. The largest absolute Gasteiger partial charge is 0.388 e. The number of rotatable bonds is 17. The van der Waals surface area contributed by atoms with Crippen molar-refractivity contribution in [2.45, 2.75) is 193 Å². The highest BCUT2D eigenvalue weighted by Gasteiger charge is 2.58. The lowest BCUT2D eigenvalue weighted by Crippen LogP contribution is -2.43. The van der Waals surface area contributed by atoms with Gasteiger partial charge in [0.1, 0.15) is 29.4 Å². The van der Waals surface area contributed by atoms with Gasteiger partial charge in [-0.3, -0.25) is 25.5 Å². The zero-order valence-electron chi connectivity index (χ0n) is 61.6. The van der Waals surface area contributed by atoms with E-state index in [0.29, 0.717) is 108 Å². The zero-order valence-corrected chi connectivity index (χ0v) is 66.2. The van der Waals surface area contributed by atoms with Crippen molar-refractivity contribution < 1.29 is 55.2 Å². The number of halogens is 11. The Balaban J connectivity index is 0.000000114. The molecule has 8 unspecified atom stereocenters. The van der Waals surface area contributed by atoms with E-state index in [1.54, 1.807) is 30.7 Å². The maximum Gasteiger partial charge on any atom is 0.280 e. The summed E-state index contributed by atoms with van der Waals surface area (Å²) in [5.74, 6) is -2.09. The second kappa shape index (κ2) is 31.2. The van der Waals surface area contributed by atoms with E-state index in [4.69, 9.17) is 58.0 Å². The van der Waals surface area contributed by atoms with Crippen LogP contribution in [-0.4, -0.2) is 109 Å². The number of H-pyrrole nitrogens is 5. The number of piperidine rings is 1. The Bertz CT molecular complexity index is 5060. The van der Waals surface area contributed by atoms with Gasteiger partial charge in [-0.1, -0.05) is 118 Å². The number of aliphatic hydroxyl groups is 4. The van der Waals surface area contributed by atoms with E-state index < -0.39 is 74.7 Å². The molecule has 5 aromatic carbocycles. The number of aromatic nitrogens is 10. The number of aromatic amines is 5. The topological polar surface area (TPSA) is 262 Å². The normalized spacial score (nSPS) is 21.9. The molecule has 8 fully saturated rings. The van der Waals surface area contributed by atoms with E-state index >= 15 is 0 Å². The molecule has 0 amide bonds. The van der Waals surface area contributed by atoms with Crippen LogP contribution < -0.4 is 0 Å². The quantitative estimate of drug-likeness (QED) is 0.0387. The first-order valence-corrected chi connectivity index (χ1v) is 41.9. The third-order valence-corrected chi connectivity index (χ3v) is 29.0. The molecular formula is C80H94Cl5F6N11O6S. The molecule has 0 radical (unpaired) electrons. The predicted molar refractivity (Wildman–Crippen MR) is 414 cm³/mol. The van der Waals surface area contributed by atoms with Crippen LogP contribution >= 0.6 is 58.0 Å². The highest BCUT2D eigenvalue weighted by atomic mass is 35.5. The van der Waals surface area contributed by atoms with Gasteiger partial charge in [-0.25, -0.2) is 39.1 Å². The third-order valence-electron chi connectivity index (χ3n) is 26.4. The Morgan fingerprint density at radius 2 is 0.826 bits per heavy atom. The van der Waals surface area contributed by atoms with Crippen LogP contribution in [0.25, 0.3) is 54.5 Å². The number of alkyl halides is 2. The fraction of sp³-hybridized carbons (Fsp3) is 0.562. The van der Waals surface area contributed by atoms with Gasteiger partial charge in [-0.15, -0.1) is 0 Å². The van der Waals surface area contributed by atoms with Crippen LogP contribution in [0.2, 0.25) is 25.1 Å². The second-order valence-corrected chi connectivity index (χ2v) is 37.4. The fourth-order valence-corrected chi connectivity index (χ4v) is 21.3. The SMILES string of the molecule is CC(C)(C1CCN(S(C)(=O)=O)CC1)C(O)c1c(F)c(Cl)cc2cn[nH]c12.CC(C1CC1)(C1CC1)C(O)c1c(F)c(Cl)cc2cn[nH]c12.CC(C1CC1)(C1CC1)C(O)c1cc(Cl)cc2cn[nH]c12.CC(c1c(F)c(Cl)cc2cn[nH]c12)C1CC2CCC1C2.OC(c1c(F)c(Cl)cc2cn[nH]c12)C(F)(F)C1CCCCC1. The highest BCUT2D eigenvalue weighted by Crippen LogP contribution is 2.65. The van der Waals surface area contributed by atoms with Crippen molar-refractivity contribution in [3.05, 3.63) is 144 Å². The standard InChI is InChI=1S/C17H23ClFN3O3S.C16H18ClFN2O.C16H18ClFN2.C16H19ClN2O.C15H16ClF3N2O/c1-17(2,11-4-6-22(7-5-11)26(3,24)25)16(23)13-14(19)12(18)8-10-9-20-21-15(10)13;1-16(9-2-3-9,10-4-5-10)15(21)12-13(18)11(17)6-8-7-19-20-14(8)12;1-8(12-5-9-2-3-10(12)4-9)14-15(18)13(17)6-11-7-19-20-16(11)14;1-16(10-2-3-10,11-4-5-11)15(20)13-7-12(17)6-9-8-18-19-14(9)13;16-10-6-8-7-20-21-13(8)11(12(10)17)14(22)15(18,19)9-4-2-1-3-5-9/h8-9,11,16,23H,4-7H2,1-3H3,(H,20,21);6-7,9-10,15,21H,2-5H2,1H3,(H,19,20);6-10,12H,2-5H2,1H3,(H,19,20);6-8,10-11,15,20H,2-5H2,1H3,(H,18,19);6-7,9,14,22H,1-5H2,(H,20,21). The first-order valence-electron chi connectivity index (χ1n) is 38.2. The highest BCUT2D eigenvalue weighted by molar-refractivity contribution is 7.88. The summed E-state index contributed by atoms with van der Waals surface area (Å²) >= 11 is 30.0. The molecule has 109 heavy (non-hydrogen) atoms. The molecule has 18 rings (SSSR count). The minimum atomic E-state index is -3.41. The number of hydrogen-bond donors (Lipinski definition) is 9. The van der Waals surface area contributed by atoms with Crippen LogP contribution in [-0.2, 0) is 10.0 Å². The molecule has 17 nitrogen and oxygen atoms in total. The summed E-state index contributed by atoms with van der Waals surface area (Å²) in [4.78, 5) is 0. The van der Waals surface area contributed by atoms with Crippen LogP contribution in [0.15, 0.2) is 67.4 Å². The Kier molecular flexibility index (Phi) is 22.9. The summed E-state index contributed by atoms with van der Waals surface area (Å²) in [6.07, 6.45) is 23.4. The molecule has 588 valence electrons. The van der Waals surface area contributed by atoms with E-state index in [9.17, 15) is 55.2 Å². The van der Waals surface area contributed by atoms with Crippen molar-refractivity contribution in [1.29, 1.82) is 0 Å². The maximum atomic E-state index is 14.7. The lowest BCUT2D eigenvalue weighted by atomic mass is 9.68. The summed E-state index contributed by atoms with van der Waals surface area (Å²) < 4.78 is 112. The van der Waals surface area contributed by atoms with Crippen molar-refractivity contribution in [1.82, 2.24) is 55.3 Å². The van der Waals surface area contributed by atoms with E-state index in [-0.39, 0.29) is 65.2 Å². The van der Waals surface area contributed by atoms with Gasteiger partial charge < -0.3 is 20.4 Å². The monoisotopic (exact) mass is 1630 g/mol. The number of nitrogens with zero attached hydrogens (tertiary/aromatic N) is 6. The summed E-state index contributed by atoms with van der Waals surface area (Å²) in [7, 11) is -3.22. The molecule has 6 heterocycles. The Morgan fingerprint density at radius 3 is 1.22 bits per heavy atom. The van der Waals surface area contributed by atoms with E-state index in [2.05, 4.69) is 71.8 Å². The smallest absolute Gasteiger partial charge is 0.280 e. The van der Waals surface area contributed by atoms with Crippen molar-refractivity contribution in [2.75, 3.05) is 19.3 Å². The van der Waals surface area contributed by atoms with E-state index in [1.807, 2.05) is 26.0 Å². The minimum Gasteiger partial charge on any atom is -0.388 e. The van der Waals surface area contributed by atoms with Crippen LogP contribution in [0.1, 0.15) is 215 Å². The average Bonchev–Trinajstić information content (AvgIpc) is 1.59. The van der Waals surface area contributed by atoms with Crippen LogP contribution in [0.3, 0.4) is 0 Å². The summed E-state index contributed by atoms with van der Waals surface area (Å²) in [5, 5.41) is 81.4. The molecular weight excluding hydrogens is 1530 g/mol. The molecule has 7 aliphatic carbocycles. The van der Waals surface area contributed by atoms with Gasteiger partial charge in [0.25, 0.3) is 5.92 Å². The lowest BCUT2D eigenvalue weighted by molar-refractivity contribution is -0.158. The second-order valence-electron chi connectivity index (χ2n) is 33.3. The Hall–Kier alpha value is -5.77. The molecule has 5 aromatic heterocycles. The number of sulfonamides is 1. The molecule has 1 aliphatic heterocycles. The number of fused-ring (bicyclic) bond motifs is 7. The molecule has 9 N–H and O–H groups in total. The lowest BCUT2D eigenvalue weighted by Gasteiger charge is -2.42.